The SMILES string of the molecule is Clc1ccc(C2=NN3C(C2)c2cc(Br)ccc2OC3c2ccc(Cl)cc2)cc1. The molecule has 0 saturated carbocycles. The molecule has 2 atom stereocenters. The van der Waals surface area contributed by atoms with Crippen molar-refractivity contribution >= 4 is 44.8 Å². The molecule has 0 amide bonds. The molecule has 140 valence electrons. The van der Waals surface area contributed by atoms with Crippen LogP contribution >= 0.6 is 39.1 Å². The summed E-state index contributed by atoms with van der Waals surface area (Å²) >= 11 is 15.7. The monoisotopic (exact) mass is 472 g/mol. The summed E-state index contributed by atoms with van der Waals surface area (Å²) in [5, 5.41) is 8.43. The molecule has 0 fully saturated rings. The molecule has 2 unspecified atom stereocenters. The highest BCUT2D eigenvalue weighted by Gasteiger charge is 2.41. The van der Waals surface area contributed by atoms with E-state index in [4.69, 9.17) is 33.0 Å². The van der Waals surface area contributed by atoms with Crippen LogP contribution in [0.25, 0.3) is 0 Å². The summed E-state index contributed by atoms with van der Waals surface area (Å²) < 4.78 is 7.39. The van der Waals surface area contributed by atoms with Crippen LogP contribution in [0.1, 0.15) is 35.4 Å². The lowest BCUT2D eigenvalue weighted by Crippen LogP contribution is -2.33. The zero-order chi connectivity index (χ0) is 19.3. The summed E-state index contributed by atoms with van der Waals surface area (Å²) in [5.41, 5.74) is 4.25. The molecular weight excluding hydrogens is 459 g/mol. The summed E-state index contributed by atoms with van der Waals surface area (Å²) in [6.07, 6.45) is 0.499. The number of ether oxygens (including phenoxy) is 1. The summed E-state index contributed by atoms with van der Waals surface area (Å²) in [6.45, 7) is 0. The lowest BCUT2D eigenvalue weighted by Gasteiger charge is -2.38. The number of fused-ring (bicyclic) bond motifs is 3. The second kappa shape index (κ2) is 7.11. The van der Waals surface area contributed by atoms with Crippen LogP contribution in [0.2, 0.25) is 10.0 Å². The van der Waals surface area contributed by atoms with Crippen molar-refractivity contribution < 1.29 is 4.74 Å². The van der Waals surface area contributed by atoms with Crippen LogP contribution in [0.4, 0.5) is 0 Å². The average Bonchev–Trinajstić information content (AvgIpc) is 3.14. The zero-order valence-corrected chi connectivity index (χ0v) is 17.7. The highest BCUT2D eigenvalue weighted by atomic mass is 79.9. The van der Waals surface area contributed by atoms with Crippen LogP contribution in [0.5, 0.6) is 5.75 Å². The summed E-state index contributed by atoms with van der Waals surface area (Å²) in [4.78, 5) is 0. The molecular formula is C22H15BrCl2N2O. The first kappa shape index (κ1) is 18.0. The number of hydrogen-bond acceptors (Lipinski definition) is 3. The molecule has 0 N–H and O–H groups in total. The van der Waals surface area contributed by atoms with Gasteiger partial charge in [0.15, 0.2) is 0 Å². The lowest BCUT2D eigenvalue weighted by atomic mass is 9.96. The normalized spacial score (nSPS) is 20.2. The van der Waals surface area contributed by atoms with Crippen molar-refractivity contribution in [1.29, 1.82) is 0 Å². The predicted octanol–water partition coefficient (Wildman–Crippen LogP) is 7.00. The van der Waals surface area contributed by atoms with Crippen LogP contribution in [0.15, 0.2) is 76.3 Å². The Morgan fingerprint density at radius 2 is 1.61 bits per heavy atom. The van der Waals surface area contributed by atoms with Crippen molar-refractivity contribution in [1.82, 2.24) is 5.01 Å². The first-order valence-electron chi connectivity index (χ1n) is 8.92. The molecule has 5 rings (SSSR count). The maximum atomic E-state index is 6.36. The smallest absolute Gasteiger partial charge is 0.213 e. The van der Waals surface area contributed by atoms with Crippen molar-refractivity contribution in [3.8, 4) is 5.75 Å². The highest BCUT2D eigenvalue weighted by Crippen LogP contribution is 2.48. The van der Waals surface area contributed by atoms with Crippen LogP contribution in [-0.2, 0) is 0 Å². The maximum absolute atomic E-state index is 6.36. The van der Waals surface area contributed by atoms with Crippen molar-refractivity contribution in [3.05, 3.63) is 97.9 Å². The molecule has 0 spiro atoms. The third-order valence-corrected chi connectivity index (χ3v) is 6.08. The molecule has 3 nitrogen and oxygen atoms in total. The highest BCUT2D eigenvalue weighted by molar-refractivity contribution is 9.10. The Labute approximate surface area is 181 Å². The van der Waals surface area contributed by atoms with E-state index >= 15 is 0 Å². The van der Waals surface area contributed by atoms with Crippen molar-refractivity contribution in [2.24, 2.45) is 5.10 Å². The van der Waals surface area contributed by atoms with Gasteiger partial charge in [0.1, 0.15) is 5.75 Å². The van der Waals surface area contributed by atoms with Gasteiger partial charge in [-0.15, -0.1) is 0 Å². The van der Waals surface area contributed by atoms with Gasteiger partial charge in [0.25, 0.3) is 0 Å². The van der Waals surface area contributed by atoms with Crippen molar-refractivity contribution in [2.45, 2.75) is 18.7 Å². The number of nitrogens with zero attached hydrogens (tertiary/aromatic N) is 2. The van der Waals surface area contributed by atoms with E-state index in [1.165, 1.54) is 0 Å². The Balaban J connectivity index is 1.59. The van der Waals surface area contributed by atoms with Gasteiger partial charge < -0.3 is 4.74 Å². The topological polar surface area (TPSA) is 24.8 Å². The molecule has 2 aliphatic heterocycles. The van der Waals surface area contributed by atoms with E-state index in [0.29, 0.717) is 5.02 Å². The largest absolute Gasteiger partial charge is 0.464 e. The molecule has 0 aromatic heterocycles. The third kappa shape index (κ3) is 3.20. The molecule has 0 aliphatic carbocycles. The predicted molar refractivity (Wildman–Crippen MR) is 116 cm³/mol. The minimum Gasteiger partial charge on any atom is -0.464 e. The molecule has 0 saturated heterocycles. The van der Waals surface area contributed by atoms with Crippen molar-refractivity contribution in [2.75, 3.05) is 0 Å². The fraction of sp³-hybridized carbons (Fsp3) is 0.136. The van der Waals surface area contributed by atoms with Crippen LogP contribution < -0.4 is 4.74 Å². The van der Waals surface area contributed by atoms with E-state index in [0.717, 1.165) is 44.1 Å². The van der Waals surface area contributed by atoms with Gasteiger partial charge in [-0.25, -0.2) is 5.01 Å². The van der Waals surface area contributed by atoms with Gasteiger partial charge in [0.05, 0.1) is 11.8 Å². The number of rotatable bonds is 2. The Hall–Kier alpha value is -2.01. The minimum atomic E-state index is -0.305. The molecule has 0 bridgehead atoms. The Morgan fingerprint density at radius 3 is 2.32 bits per heavy atom. The van der Waals surface area contributed by atoms with Crippen molar-refractivity contribution in [3.63, 3.8) is 0 Å². The summed E-state index contributed by atoms with van der Waals surface area (Å²) in [7, 11) is 0. The van der Waals surface area contributed by atoms with Gasteiger partial charge in [0, 0.05) is 32.1 Å². The quantitative estimate of drug-likeness (QED) is 0.400. The molecule has 0 radical (unpaired) electrons. The van der Waals surface area contributed by atoms with Crippen LogP contribution in [-0.4, -0.2) is 10.7 Å². The molecule has 2 aliphatic rings. The fourth-order valence-electron chi connectivity index (χ4n) is 3.72. The summed E-state index contributed by atoms with van der Waals surface area (Å²) in [5.74, 6) is 0.886. The van der Waals surface area contributed by atoms with E-state index in [1.807, 2.05) is 60.7 Å². The van der Waals surface area contributed by atoms with Gasteiger partial charge in [0.2, 0.25) is 6.23 Å². The van der Waals surface area contributed by atoms with Crippen LogP contribution in [0, 0.1) is 0 Å². The Bertz CT molecular complexity index is 1070. The van der Waals surface area contributed by atoms with Gasteiger partial charge in [-0.1, -0.05) is 63.4 Å². The second-order valence-electron chi connectivity index (χ2n) is 6.86. The second-order valence-corrected chi connectivity index (χ2v) is 8.65. The zero-order valence-electron chi connectivity index (χ0n) is 14.6. The number of benzene rings is 3. The molecule has 28 heavy (non-hydrogen) atoms. The molecule has 6 heteroatoms. The van der Waals surface area contributed by atoms with Gasteiger partial charge in [-0.05, 0) is 48.0 Å². The summed E-state index contributed by atoms with van der Waals surface area (Å²) in [6, 6.07) is 21.8. The number of hydrogen-bond donors (Lipinski definition) is 0. The maximum Gasteiger partial charge on any atom is 0.213 e. The van der Waals surface area contributed by atoms with E-state index in [9.17, 15) is 0 Å². The Morgan fingerprint density at radius 1 is 0.929 bits per heavy atom. The van der Waals surface area contributed by atoms with E-state index in [1.54, 1.807) is 0 Å². The minimum absolute atomic E-state index is 0.104. The fourth-order valence-corrected chi connectivity index (χ4v) is 4.35. The van der Waals surface area contributed by atoms with Gasteiger partial charge >= 0.3 is 0 Å². The molecule has 3 aromatic rings. The van der Waals surface area contributed by atoms with E-state index in [2.05, 4.69) is 27.0 Å². The van der Waals surface area contributed by atoms with E-state index in [-0.39, 0.29) is 12.3 Å². The number of hydrazone groups is 1. The Kier molecular flexibility index (Phi) is 4.58. The van der Waals surface area contributed by atoms with Crippen LogP contribution in [0.3, 0.4) is 0 Å². The first-order valence-corrected chi connectivity index (χ1v) is 10.5. The molecule has 3 aromatic carbocycles. The number of halogens is 3. The molecule has 2 heterocycles. The average molecular weight is 474 g/mol. The third-order valence-electron chi connectivity index (χ3n) is 5.08. The standard InChI is InChI=1S/C22H15BrCl2N2O/c23-15-5-10-21-18(11-15)20-12-19(13-1-6-16(24)7-2-13)26-27(20)22(28-21)14-3-8-17(25)9-4-14/h1-11,20,22H,12H2. The first-order chi connectivity index (χ1) is 13.6. The lowest BCUT2D eigenvalue weighted by molar-refractivity contribution is -0.0190. The van der Waals surface area contributed by atoms with Gasteiger partial charge in [-0.3, -0.25) is 0 Å². The van der Waals surface area contributed by atoms with Gasteiger partial charge in [-0.2, -0.15) is 5.10 Å². The van der Waals surface area contributed by atoms with E-state index < -0.39 is 0 Å².